The second-order valence-electron chi connectivity index (χ2n) is 4.96. The van der Waals surface area contributed by atoms with Gasteiger partial charge in [-0.1, -0.05) is 0 Å². The van der Waals surface area contributed by atoms with Crippen LogP contribution >= 0.6 is 0 Å². The van der Waals surface area contributed by atoms with Crippen molar-refractivity contribution in [2.45, 2.75) is 4.90 Å². The molecule has 3 rings (SSSR count). The largest absolute Gasteiger partial charge is 0.497 e. The van der Waals surface area contributed by atoms with Gasteiger partial charge in [0.15, 0.2) is 0 Å². The van der Waals surface area contributed by atoms with Gasteiger partial charge in [-0.25, -0.2) is 8.42 Å². The Hall–Kier alpha value is -2.41. The lowest BCUT2D eigenvalue weighted by molar-refractivity contribution is 0.415. The van der Waals surface area contributed by atoms with E-state index in [1.165, 1.54) is 16.4 Å². The van der Waals surface area contributed by atoms with Crippen LogP contribution in [0.3, 0.4) is 0 Å². The minimum Gasteiger partial charge on any atom is -0.497 e. The topological polar surface area (TPSA) is 84.7 Å². The maximum absolute atomic E-state index is 12.8. The van der Waals surface area contributed by atoms with Gasteiger partial charge in [-0.2, -0.15) is 0 Å². The van der Waals surface area contributed by atoms with Crippen molar-refractivity contribution in [3.63, 3.8) is 0 Å². The van der Waals surface area contributed by atoms with Gasteiger partial charge in [-0.3, -0.25) is 4.31 Å². The summed E-state index contributed by atoms with van der Waals surface area (Å²) in [6, 6.07) is 11.5. The molecule has 7 heteroatoms. The molecular formula is C15H17N3O3S. The zero-order valence-corrected chi connectivity index (χ0v) is 12.9. The maximum atomic E-state index is 12.8. The van der Waals surface area contributed by atoms with Gasteiger partial charge < -0.3 is 15.8 Å². The highest BCUT2D eigenvalue weighted by Crippen LogP contribution is 2.35. The van der Waals surface area contributed by atoms with E-state index in [0.717, 1.165) is 5.69 Å². The van der Waals surface area contributed by atoms with Gasteiger partial charge in [0.25, 0.3) is 10.0 Å². The van der Waals surface area contributed by atoms with Crippen molar-refractivity contribution in [1.82, 2.24) is 0 Å². The molecule has 116 valence electrons. The van der Waals surface area contributed by atoms with E-state index in [4.69, 9.17) is 10.5 Å². The molecule has 2 aromatic carbocycles. The molecular weight excluding hydrogens is 302 g/mol. The molecule has 0 amide bonds. The number of hydrogen-bond acceptors (Lipinski definition) is 5. The number of nitrogens with one attached hydrogen (secondary N) is 1. The van der Waals surface area contributed by atoms with Crippen LogP contribution in [0.5, 0.6) is 5.75 Å². The molecule has 2 aromatic rings. The number of nitrogen functional groups attached to an aromatic ring is 1. The lowest BCUT2D eigenvalue weighted by atomic mass is 10.2. The van der Waals surface area contributed by atoms with Crippen LogP contribution in [0.25, 0.3) is 0 Å². The number of benzene rings is 2. The van der Waals surface area contributed by atoms with E-state index in [2.05, 4.69) is 5.32 Å². The van der Waals surface area contributed by atoms with Crippen molar-refractivity contribution in [3.05, 3.63) is 42.5 Å². The first-order valence-electron chi connectivity index (χ1n) is 6.82. The van der Waals surface area contributed by atoms with Crippen molar-refractivity contribution in [1.29, 1.82) is 0 Å². The van der Waals surface area contributed by atoms with E-state index in [1.54, 1.807) is 37.4 Å². The maximum Gasteiger partial charge on any atom is 0.264 e. The van der Waals surface area contributed by atoms with Gasteiger partial charge in [-0.15, -0.1) is 0 Å². The van der Waals surface area contributed by atoms with Gasteiger partial charge in [0, 0.05) is 18.3 Å². The molecule has 0 radical (unpaired) electrons. The van der Waals surface area contributed by atoms with E-state index in [1.807, 2.05) is 0 Å². The monoisotopic (exact) mass is 319 g/mol. The van der Waals surface area contributed by atoms with Crippen LogP contribution in [-0.4, -0.2) is 28.6 Å². The van der Waals surface area contributed by atoms with Crippen LogP contribution in [-0.2, 0) is 10.0 Å². The van der Waals surface area contributed by atoms with E-state index >= 15 is 0 Å². The van der Waals surface area contributed by atoms with Crippen LogP contribution in [0.15, 0.2) is 47.4 Å². The van der Waals surface area contributed by atoms with Crippen molar-refractivity contribution >= 4 is 27.1 Å². The molecule has 6 nitrogen and oxygen atoms in total. The summed E-state index contributed by atoms with van der Waals surface area (Å²) in [7, 11) is -2.04. The summed E-state index contributed by atoms with van der Waals surface area (Å²) in [5.74, 6) is 0.679. The fourth-order valence-corrected chi connectivity index (χ4v) is 3.91. The average Bonchev–Trinajstić information content (AvgIpc) is 2.54. The van der Waals surface area contributed by atoms with Crippen LogP contribution in [0.2, 0.25) is 0 Å². The fourth-order valence-electron chi connectivity index (χ4n) is 2.43. The standard InChI is InChI=1S/C15H17N3O3S/c1-21-12-4-7-15-14(10-12)17-8-9-18(15)22(19,20)13-5-2-11(16)3-6-13/h2-7,10,17H,8-9,16H2,1H3. The summed E-state index contributed by atoms with van der Waals surface area (Å²) >= 11 is 0. The molecule has 0 saturated carbocycles. The molecule has 1 aliphatic heterocycles. The summed E-state index contributed by atoms with van der Waals surface area (Å²) in [5, 5.41) is 3.19. The molecule has 1 aliphatic rings. The first-order chi connectivity index (χ1) is 10.5. The highest BCUT2D eigenvalue weighted by Gasteiger charge is 2.29. The third-order valence-electron chi connectivity index (χ3n) is 3.57. The molecule has 0 fully saturated rings. The van der Waals surface area contributed by atoms with Gasteiger partial charge >= 0.3 is 0 Å². The van der Waals surface area contributed by atoms with Crippen molar-refractivity contribution in [3.8, 4) is 5.75 Å². The van der Waals surface area contributed by atoms with Crippen molar-refractivity contribution < 1.29 is 13.2 Å². The first-order valence-corrected chi connectivity index (χ1v) is 8.26. The second kappa shape index (κ2) is 5.42. The molecule has 0 saturated heterocycles. The van der Waals surface area contributed by atoms with Gasteiger partial charge in [0.05, 0.1) is 29.9 Å². The third kappa shape index (κ3) is 2.43. The number of methoxy groups -OCH3 is 1. The second-order valence-corrected chi connectivity index (χ2v) is 6.82. The van der Waals surface area contributed by atoms with Crippen LogP contribution in [0.4, 0.5) is 17.1 Å². The number of hydrogen-bond donors (Lipinski definition) is 2. The Bertz CT molecular complexity index is 788. The minimum atomic E-state index is -3.61. The van der Waals surface area contributed by atoms with Crippen LogP contribution in [0.1, 0.15) is 0 Å². The average molecular weight is 319 g/mol. The summed E-state index contributed by atoms with van der Waals surface area (Å²) in [6.45, 7) is 0.903. The predicted octanol–water partition coefficient (Wildman–Crippen LogP) is 1.90. The van der Waals surface area contributed by atoms with E-state index in [0.29, 0.717) is 30.2 Å². The molecule has 3 N–H and O–H groups in total. The lowest BCUT2D eigenvalue weighted by Crippen LogP contribution is -2.38. The Morgan fingerprint density at radius 1 is 1.18 bits per heavy atom. The Morgan fingerprint density at radius 3 is 2.59 bits per heavy atom. The zero-order valence-electron chi connectivity index (χ0n) is 12.1. The quantitative estimate of drug-likeness (QED) is 0.844. The minimum absolute atomic E-state index is 0.227. The van der Waals surface area contributed by atoms with Crippen LogP contribution in [0, 0.1) is 0 Å². The van der Waals surface area contributed by atoms with Crippen molar-refractivity contribution in [2.75, 3.05) is 35.6 Å². The zero-order chi connectivity index (χ0) is 15.7. The normalized spacial score (nSPS) is 14.1. The van der Waals surface area contributed by atoms with E-state index < -0.39 is 10.0 Å². The third-order valence-corrected chi connectivity index (χ3v) is 5.40. The number of nitrogens with zero attached hydrogens (tertiary/aromatic N) is 1. The SMILES string of the molecule is COc1ccc2c(c1)NCCN2S(=O)(=O)c1ccc(N)cc1. The first kappa shape index (κ1) is 14.5. The van der Waals surface area contributed by atoms with Crippen LogP contribution < -0.4 is 20.1 Å². The molecule has 0 atom stereocenters. The van der Waals surface area contributed by atoms with Gasteiger partial charge in [0.1, 0.15) is 5.75 Å². The van der Waals surface area contributed by atoms with E-state index in [-0.39, 0.29) is 4.90 Å². The molecule has 0 aliphatic carbocycles. The Morgan fingerprint density at radius 2 is 1.91 bits per heavy atom. The molecule has 22 heavy (non-hydrogen) atoms. The molecule has 0 spiro atoms. The number of ether oxygens (including phenoxy) is 1. The number of anilines is 3. The highest BCUT2D eigenvalue weighted by molar-refractivity contribution is 7.92. The molecule has 0 unspecified atom stereocenters. The number of rotatable bonds is 3. The Labute approximate surface area is 129 Å². The number of nitrogens with two attached hydrogens (primary N) is 1. The van der Waals surface area contributed by atoms with Gasteiger partial charge in [0.2, 0.25) is 0 Å². The van der Waals surface area contributed by atoms with Gasteiger partial charge in [-0.05, 0) is 36.4 Å². The lowest BCUT2D eigenvalue weighted by Gasteiger charge is -2.31. The highest BCUT2D eigenvalue weighted by atomic mass is 32.2. The molecule has 0 aromatic heterocycles. The Balaban J connectivity index is 2.05. The summed E-state index contributed by atoms with van der Waals surface area (Å²) in [6.07, 6.45) is 0. The Kier molecular flexibility index (Phi) is 3.58. The summed E-state index contributed by atoms with van der Waals surface area (Å²) < 4.78 is 32.3. The van der Waals surface area contributed by atoms with Crippen molar-refractivity contribution in [2.24, 2.45) is 0 Å². The fraction of sp³-hybridized carbons (Fsp3) is 0.200. The number of sulfonamides is 1. The molecule has 1 heterocycles. The summed E-state index contributed by atoms with van der Waals surface area (Å²) in [5.41, 5.74) is 7.51. The number of fused-ring (bicyclic) bond motifs is 1. The molecule has 0 bridgehead atoms. The summed E-state index contributed by atoms with van der Waals surface area (Å²) in [4.78, 5) is 0.227. The smallest absolute Gasteiger partial charge is 0.264 e. The predicted molar refractivity (Wildman–Crippen MR) is 86.9 cm³/mol. The van der Waals surface area contributed by atoms with E-state index in [9.17, 15) is 8.42 Å².